The molecule has 5 atom stereocenters. The van der Waals surface area contributed by atoms with Gasteiger partial charge in [0.1, 0.15) is 18.3 Å². The first kappa shape index (κ1) is 18.6. The topological polar surface area (TPSA) is 221 Å². The van der Waals surface area contributed by atoms with Gasteiger partial charge < -0.3 is 39.6 Å². The summed E-state index contributed by atoms with van der Waals surface area (Å²) in [6.07, 6.45) is -11.2. The van der Waals surface area contributed by atoms with Gasteiger partial charge >= 0.3 is 21.6 Å². The van der Waals surface area contributed by atoms with Gasteiger partial charge in [0.25, 0.3) is 0 Å². The summed E-state index contributed by atoms with van der Waals surface area (Å²) in [5.41, 5.74) is 0. The van der Waals surface area contributed by atoms with Gasteiger partial charge in [-0.3, -0.25) is 9.05 Å². The maximum absolute atomic E-state index is 10.9. The average molecular weight is 354 g/mol. The van der Waals surface area contributed by atoms with Crippen LogP contribution in [0.2, 0.25) is 0 Å². The van der Waals surface area contributed by atoms with Crippen molar-refractivity contribution in [3.63, 3.8) is 0 Å². The Morgan fingerprint density at radius 1 is 0.952 bits per heavy atom. The third kappa shape index (κ3) is 5.36. The Bertz CT molecular complexity index is 479. The molecule has 0 bridgehead atoms. The van der Waals surface area contributed by atoms with Gasteiger partial charge in [-0.05, 0) is 0 Å². The van der Waals surface area contributed by atoms with E-state index in [1.54, 1.807) is 0 Å². The smallest absolute Gasteiger partial charge is 0.472 e. The fourth-order valence-corrected chi connectivity index (χ4v) is 2.53. The van der Waals surface area contributed by atoms with Crippen molar-refractivity contribution in [1.29, 1.82) is 0 Å². The number of hydrogen-bond donors (Lipinski definition) is 7. The van der Waals surface area contributed by atoms with Crippen molar-refractivity contribution in [2.24, 2.45) is 0 Å². The Balaban J connectivity index is 3.02. The van der Waals surface area contributed by atoms with Crippen LogP contribution in [0.25, 0.3) is 0 Å². The van der Waals surface area contributed by atoms with E-state index < -0.39 is 52.3 Å². The molecule has 1 rings (SSSR count). The minimum Gasteiger partial charge on any atom is -0.479 e. The predicted octanol–water partition coefficient (Wildman–Crippen LogP) is -2.90. The number of ether oxygens (including phenoxy) is 1. The maximum atomic E-state index is 10.9. The van der Waals surface area contributed by atoms with Crippen LogP contribution < -0.4 is 0 Å². The molecule has 0 amide bonds. The average Bonchev–Trinajstić information content (AvgIpc) is 2.25. The lowest BCUT2D eigenvalue weighted by atomic mass is 9.99. The molecule has 0 radical (unpaired) electrons. The van der Waals surface area contributed by atoms with E-state index in [4.69, 9.17) is 24.7 Å². The number of phosphoric acid groups is 2. The van der Waals surface area contributed by atoms with Gasteiger partial charge in [-0.15, -0.1) is 0 Å². The molecule has 13 nitrogen and oxygen atoms in total. The minimum absolute atomic E-state index is 1.88. The highest BCUT2D eigenvalue weighted by molar-refractivity contribution is 7.46. The molecule has 15 heteroatoms. The molecule has 1 aliphatic heterocycles. The summed E-state index contributed by atoms with van der Waals surface area (Å²) in [5, 5.41) is 27.9. The molecule has 0 aromatic carbocycles. The van der Waals surface area contributed by atoms with Crippen LogP contribution >= 0.6 is 15.6 Å². The molecule has 124 valence electrons. The van der Waals surface area contributed by atoms with Crippen LogP contribution in [0.3, 0.4) is 0 Å². The second-order valence-corrected chi connectivity index (χ2v) is 6.29. The minimum atomic E-state index is -5.24. The summed E-state index contributed by atoms with van der Waals surface area (Å²) in [6.45, 7) is 0. The summed E-state index contributed by atoms with van der Waals surface area (Å²) < 4.78 is 33.8. The van der Waals surface area contributed by atoms with E-state index in [2.05, 4.69) is 13.8 Å². The van der Waals surface area contributed by atoms with Gasteiger partial charge in [-0.25, -0.2) is 13.9 Å². The van der Waals surface area contributed by atoms with Gasteiger partial charge in [-0.1, -0.05) is 0 Å². The van der Waals surface area contributed by atoms with Crippen LogP contribution in [0.1, 0.15) is 0 Å². The quantitative estimate of drug-likeness (QED) is 0.247. The maximum Gasteiger partial charge on any atom is 0.472 e. The number of hydrogen-bond acceptors (Lipinski definition) is 8. The van der Waals surface area contributed by atoms with Crippen LogP contribution in [-0.2, 0) is 27.7 Å². The molecule has 1 fully saturated rings. The van der Waals surface area contributed by atoms with Crippen LogP contribution in [0.15, 0.2) is 0 Å². The predicted molar refractivity (Wildman–Crippen MR) is 58.4 cm³/mol. The van der Waals surface area contributed by atoms with Crippen molar-refractivity contribution in [3.05, 3.63) is 0 Å². The van der Waals surface area contributed by atoms with E-state index in [9.17, 15) is 24.1 Å². The van der Waals surface area contributed by atoms with Gasteiger partial charge in [0.05, 0.1) is 0 Å². The summed E-state index contributed by atoms with van der Waals surface area (Å²) in [7, 11) is -10.4. The van der Waals surface area contributed by atoms with Gasteiger partial charge in [0.15, 0.2) is 12.4 Å². The summed E-state index contributed by atoms with van der Waals surface area (Å²) >= 11 is 0. The third-order valence-corrected chi connectivity index (χ3v) is 3.29. The first-order valence-corrected chi connectivity index (χ1v) is 8.10. The number of rotatable bonds is 5. The summed E-state index contributed by atoms with van der Waals surface area (Å²) in [4.78, 5) is 45.3. The zero-order valence-corrected chi connectivity index (χ0v) is 11.7. The van der Waals surface area contributed by atoms with E-state index in [0.29, 0.717) is 0 Å². The molecule has 0 unspecified atom stereocenters. The molecule has 1 saturated heterocycles. The number of phosphoric ester groups is 2. The Morgan fingerprint density at radius 2 is 1.43 bits per heavy atom. The van der Waals surface area contributed by atoms with Crippen molar-refractivity contribution in [3.8, 4) is 0 Å². The monoisotopic (exact) mass is 354 g/mol. The SMILES string of the molecule is O=C(O)[C@H]1O[C@@H](OP(=O)(O)O)[C@H](O)[C@@H](O)[C@H]1OP(=O)(O)O. The molecule has 0 aromatic heterocycles. The van der Waals surface area contributed by atoms with Crippen LogP contribution in [-0.4, -0.2) is 71.6 Å². The van der Waals surface area contributed by atoms with Crippen molar-refractivity contribution < 1.29 is 62.6 Å². The van der Waals surface area contributed by atoms with E-state index >= 15 is 0 Å². The second-order valence-electron chi connectivity index (χ2n) is 3.90. The molecule has 1 aliphatic rings. The van der Waals surface area contributed by atoms with Crippen LogP contribution in [0.4, 0.5) is 0 Å². The fourth-order valence-electron chi connectivity index (χ4n) is 1.53. The highest BCUT2D eigenvalue weighted by Crippen LogP contribution is 2.44. The molecule has 1 heterocycles. The molecular formula is C6H12O13P2. The number of aliphatic carboxylic acids is 1. The lowest BCUT2D eigenvalue weighted by Gasteiger charge is -2.39. The molecule has 0 aliphatic carbocycles. The van der Waals surface area contributed by atoms with E-state index in [1.807, 2.05) is 0 Å². The van der Waals surface area contributed by atoms with Gasteiger partial charge in [0, 0.05) is 0 Å². The van der Waals surface area contributed by atoms with Gasteiger partial charge in [0.2, 0.25) is 0 Å². The van der Waals surface area contributed by atoms with Crippen molar-refractivity contribution >= 4 is 21.6 Å². The third-order valence-electron chi connectivity index (χ3n) is 2.29. The standard InChI is InChI=1S/C6H12O13P2/c7-1-2(8)6(19-21(14,15)16)17-4(5(9)10)3(1)18-20(11,12)13/h1-4,6-8H,(H,9,10)(H2,11,12,13)(H2,14,15,16)/t1-,2-,3-,4+,6+/m1/s1. The number of aliphatic hydroxyl groups excluding tert-OH is 2. The number of aliphatic hydroxyl groups is 2. The Labute approximate surface area is 116 Å². The van der Waals surface area contributed by atoms with Gasteiger partial charge in [-0.2, -0.15) is 0 Å². The normalized spacial score (nSPS) is 34.7. The highest BCUT2D eigenvalue weighted by atomic mass is 31.2. The molecule has 7 N–H and O–H groups in total. The number of carboxylic acid groups (broad SMARTS) is 1. The van der Waals surface area contributed by atoms with E-state index in [0.717, 1.165) is 0 Å². The second kappa shape index (κ2) is 6.36. The Hall–Kier alpha value is -0.430. The van der Waals surface area contributed by atoms with Crippen molar-refractivity contribution in [2.45, 2.75) is 30.7 Å². The number of carbonyl (C=O) groups is 1. The zero-order chi connectivity index (χ0) is 16.6. The van der Waals surface area contributed by atoms with Crippen LogP contribution in [0, 0.1) is 0 Å². The van der Waals surface area contributed by atoms with E-state index in [-0.39, 0.29) is 0 Å². The van der Waals surface area contributed by atoms with Crippen molar-refractivity contribution in [2.75, 3.05) is 0 Å². The first-order chi connectivity index (χ1) is 9.32. The largest absolute Gasteiger partial charge is 0.479 e. The van der Waals surface area contributed by atoms with Crippen molar-refractivity contribution in [1.82, 2.24) is 0 Å². The summed E-state index contributed by atoms with van der Waals surface area (Å²) in [5.74, 6) is -1.88. The van der Waals surface area contributed by atoms with E-state index in [1.165, 1.54) is 0 Å². The molecule has 0 saturated carbocycles. The molecule has 0 spiro atoms. The van der Waals surface area contributed by atoms with Crippen LogP contribution in [0.5, 0.6) is 0 Å². The summed E-state index contributed by atoms with van der Waals surface area (Å²) in [6, 6.07) is 0. The number of carboxylic acids is 1. The lowest BCUT2D eigenvalue weighted by molar-refractivity contribution is -0.271. The molecular weight excluding hydrogens is 342 g/mol. The molecule has 0 aromatic rings. The first-order valence-electron chi connectivity index (χ1n) is 5.04. The molecule has 21 heavy (non-hydrogen) atoms. The highest BCUT2D eigenvalue weighted by Gasteiger charge is 2.52. The zero-order valence-electron chi connectivity index (χ0n) is 9.86. The Morgan fingerprint density at radius 3 is 1.81 bits per heavy atom. The Kier molecular flexibility index (Phi) is 5.64. The fraction of sp³-hybridized carbons (Fsp3) is 0.833. The lowest BCUT2D eigenvalue weighted by Crippen LogP contribution is -2.60.